The lowest BCUT2D eigenvalue weighted by molar-refractivity contribution is 0.00578. The predicted octanol–water partition coefficient (Wildman–Crippen LogP) is 24.5. The lowest BCUT2D eigenvalue weighted by Gasteiger charge is -2.32. The normalized spacial score (nSPS) is 13.5. The van der Waals surface area contributed by atoms with E-state index in [1.54, 1.807) is 0 Å². The van der Waals surface area contributed by atoms with Crippen molar-refractivity contribution in [3.63, 3.8) is 0 Å². The molecule has 0 atom stereocenters. The number of furan rings is 4. The van der Waals surface area contributed by atoms with Crippen molar-refractivity contribution in [1.29, 1.82) is 0 Å². The van der Waals surface area contributed by atoms with Gasteiger partial charge in [0.15, 0.2) is 17.5 Å². The van der Waals surface area contributed by atoms with Gasteiger partial charge >= 0.3 is 7.12 Å². The highest BCUT2D eigenvalue weighted by atomic mass is 35.5. The Balaban J connectivity index is 0.000000113. The second-order valence-electron chi connectivity index (χ2n) is 29.2. The highest BCUT2D eigenvalue weighted by molar-refractivity contribution is 6.62. The molecule has 9 heterocycles. The first-order chi connectivity index (χ1) is 54.9. The number of hydrogen-bond donors (Lipinski definition) is 0. The fourth-order valence-corrected chi connectivity index (χ4v) is 16.0. The Hall–Kier alpha value is -13.8. The molecule has 8 aromatic heterocycles. The largest absolute Gasteiger partial charge is 0.494 e. The Labute approximate surface area is 645 Å². The van der Waals surface area contributed by atoms with E-state index in [-0.39, 0.29) is 16.5 Å². The van der Waals surface area contributed by atoms with E-state index >= 15 is 0 Å². The van der Waals surface area contributed by atoms with Crippen LogP contribution in [0, 0.1) is 0 Å². The quantitative estimate of drug-likeness (QED) is 0.133. The first-order valence-electron chi connectivity index (χ1n) is 37.2. The van der Waals surface area contributed by atoms with Gasteiger partial charge in [0.2, 0.25) is 17.2 Å². The SMILES string of the molecule is CC1(C)OB(c2ccc3c(c2)oc2cc(-c4cccc5c4oc4ccccc45)ccc23)OC1(C)C.Clc1nc(-c2ccccc2)nc(-n2c3ccccc3c3ccccc32)n1.c1ccc(-c2nc(-c3ccc4c(c3)oc3cc(-c5cccc6c5oc5ccccc56)ccc34)nc(-n3c4ccccc4c4ccccc43)n2)cc1. The maximum atomic E-state index is 6.57. The summed E-state index contributed by atoms with van der Waals surface area (Å²) >= 11 is 6.24. The molecule has 22 aromatic rings. The van der Waals surface area contributed by atoms with Crippen molar-refractivity contribution in [1.82, 2.24) is 39.0 Å². The number of halogens is 1. The molecule has 534 valence electrons. The average Bonchev–Trinajstić information content (AvgIpc) is 1.60. The molecule has 0 N–H and O–H groups in total. The highest BCUT2D eigenvalue weighted by Gasteiger charge is 2.52. The van der Waals surface area contributed by atoms with E-state index < -0.39 is 7.12 Å². The van der Waals surface area contributed by atoms with E-state index in [1.165, 1.54) is 0 Å². The van der Waals surface area contributed by atoms with Gasteiger partial charge in [-0.2, -0.15) is 24.9 Å². The molecule has 112 heavy (non-hydrogen) atoms. The van der Waals surface area contributed by atoms with Crippen LogP contribution in [0.4, 0.5) is 0 Å². The standard InChI is InChI=1S/C45H26N4O2.C30H25BO4.C21H13ClN4/c1-2-11-27(12-3-1)43-46-44(48-45(47-43)49-37-18-7-4-13-31(37)32-14-5-8-19-38(32)49)29-22-24-35-34-23-21-28(25-40(34)50-41(35)26-29)30-16-10-17-36-33-15-6-9-20-39(33)51-42(30)36;1-29(2)30(3,4)35-31(34-29)19-13-15-23-22-14-12-18(16-26(22)32-27(23)17-19)20-9-7-10-24-21-8-5-6-11-25(21)33-28(20)24;22-20-23-19(14-8-2-1-3-9-14)24-21(25-20)26-17-12-6-4-10-15(17)16-11-5-7-13-18(16)26/h1-26H;5-17H,1-4H3;1-13H. The van der Waals surface area contributed by atoms with Crippen LogP contribution >= 0.6 is 11.6 Å². The van der Waals surface area contributed by atoms with Crippen LogP contribution in [0.1, 0.15) is 27.7 Å². The lowest BCUT2D eigenvalue weighted by atomic mass is 9.79. The molecule has 1 saturated heterocycles. The van der Waals surface area contributed by atoms with Crippen LogP contribution in [0.5, 0.6) is 0 Å². The summed E-state index contributed by atoms with van der Waals surface area (Å²) in [5.41, 5.74) is 18.0. The summed E-state index contributed by atoms with van der Waals surface area (Å²) < 4.78 is 42.2. The molecule has 0 spiro atoms. The zero-order valence-electron chi connectivity index (χ0n) is 61.0. The van der Waals surface area contributed by atoms with Crippen molar-refractivity contribution in [2.75, 3.05) is 0 Å². The average molecular weight is 1470 g/mol. The summed E-state index contributed by atoms with van der Waals surface area (Å²) in [7, 11) is -0.418. The number of fused-ring (bicyclic) bond motifs is 18. The molecular weight excluding hydrogens is 1410 g/mol. The lowest BCUT2D eigenvalue weighted by Crippen LogP contribution is -2.41. The predicted molar refractivity (Wildman–Crippen MR) is 452 cm³/mol. The van der Waals surface area contributed by atoms with Gasteiger partial charge in [-0.25, -0.2) is 4.98 Å². The number of para-hydroxylation sites is 8. The first-order valence-corrected chi connectivity index (χ1v) is 37.6. The van der Waals surface area contributed by atoms with Gasteiger partial charge in [0.25, 0.3) is 0 Å². The molecule has 14 nitrogen and oxygen atoms in total. The molecule has 0 aliphatic carbocycles. The summed E-state index contributed by atoms with van der Waals surface area (Å²) in [4.78, 5) is 28.6. The van der Waals surface area contributed by atoms with Gasteiger partial charge in [-0.05, 0) is 135 Å². The van der Waals surface area contributed by atoms with E-state index in [2.05, 4.69) is 224 Å². The monoisotopic (exact) mass is 1470 g/mol. The van der Waals surface area contributed by atoms with E-state index in [4.69, 9.17) is 58.5 Å². The Bertz CT molecular complexity index is 7400. The molecule has 0 saturated carbocycles. The first kappa shape index (κ1) is 66.4. The van der Waals surface area contributed by atoms with Crippen molar-refractivity contribution < 1.29 is 27.0 Å². The van der Waals surface area contributed by atoms with Crippen molar-refractivity contribution >= 4 is 156 Å². The Kier molecular flexibility index (Phi) is 15.5. The van der Waals surface area contributed by atoms with Crippen LogP contribution in [0.25, 0.3) is 200 Å². The number of hydrogen-bond acceptors (Lipinski definition) is 12. The Morgan fingerprint density at radius 3 is 1.06 bits per heavy atom. The van der Waals surface area contributed by atoms with Crippen LogP contribution in [0.2, 0.25) is 5.28 Å². The summed E-state index contributed by atoms with van der Waals surface area (Å²) in [5, 5.41) is 13.5. The minimum Gasteiger partial charge on any atom is -0.456 e. The highest BCUT2D eigenvalue weighted by Crippen LogP contribution is 2.44. The second kappa shape index (κ2) is 26.2. The van der Waals surface area contributed by atoms with E-state index in [0.717, 1.165) is 176 Å². The molecule has 14 aromatic carbocycles. The van der Waals surface area contributed by atoms with Gasteiger partial charge in [0.05, 0.1) is 33.3 Å². The smallest absolute Gasteiger partial charge is 0.456 e. The van der Waals surface area contributed by atoms with Crippen LogP contribution < -0.4 is 5.46 Å². The van der Waals surface area contributed by atoms with Crippen LogP contribution in [0.3, 0.4) is 0 Å². The number of nitrogens with zero attached hydrogens (tertiary/aromatic N) is 8. The van der Waals surface area contributed by atoms with Crippen molar-refractivity contribution in [2.45, 2.75) is 38.9 Å². The van der Waals surface area contributed by atoms with Crippen molar-refractivity contribution in [2.24, 2.45) is 0 Å². The topological polar surface area (TPSA) is 158 Å². The fourth-order valence-electron chi connectivity index (χ4n) is 15.9. The van der Waals surface area contributed by atoms with Crippen LogP contribution in [-0.4, -0.2) is 57.4 Å². The van der Waals surface area contributed by atoms with Gasteiger partial charge in [0.1, 0.15) is 44.7 Å². The van der Waals surface area contributed by atoms with Crippen LogP contribution in [-0.2, 0) is 9.31 Å². The maximum absolute atomic E-state index is 6.57. The maximum Gasteiger partial charge on any atom is 0.494 e. The van der Waals surface area contributed by atoms with Crippen molar-refractivity contribution in [3.05, 3.63) is 321 Å². The molecule has 1 fully saturated rings. The summed E-state index contributed by atoms with van der Waals surface area (Å²) in [5.74, 6) is 2.81. The van der Waals surface area contributed by atoms with E-state index in [1.807, 2.05) is 138 Å². The molecule has 0 unspecified atom stereocenters. The molecule has 0 radical (unpaired) electrons. The Morgan fingerprint density at radius 1 is 0.268 bits per heavy atom. The third-order valence-corrected chi connectivity index (χ3v) is 22.2. The zero-order chi connectivity index (χ0) is 74.9. The van der Waals surface area contributed by atoms with Crippen molar-refractivity contribution in [3.8, 4) is 68.3 Å². The Morgan fingerprint density at radius 2 is 0.607 bits per heavy atom. The number of rotatable bonds is 8. The molecular formula is C96H64BClN8O6. The summed E-state index contributed by atoms with van der Waals surface area (Å²) in [6.07, 6.45) is 0. The molecule has 16 heteroatoms. The third-order valence-electron chi connectivity index (χ3n) is 22.0. The molecule has 0 amide bonds. The fraction of sp³-hybridized carbons (Fsp3) is 0.0625. The van der Waals surface area contributed by atoms with Crippen LogP contribution in [0.15, 0.2) is 333 Å². The van der Waals surface area contributed by atoms with Gasteiger partial charge in [-0.3, -0.25) is 9.13 Å². The molecule has 1 aliphatic heterocycles. The van der Waals surface area contributed by atoms with Gasteiger partial charge in [-0.15, -0.1) is 0 Å². The van der Waals surface area contributed by atoms with E-state index in [0.29, 0.717) is 29.4 Å². The van der Waals surface area contributed by atoms with Gasteiger partial charge in [-0.1, -0.05) is 237 Å². The minimum atomic E-state index is -0.418. The van der Waals surface area contributed by atoms with Gasteiger partial charge < -0.3 is 27.0 Å². The number of benzene rings is 14. The minimum absolute atomic E-state index is 0.177. The summed E-state index contributed by atoms with van der Waals surface area (Å²) in [6, 6.07) is 107. The van der Waals surface area contributed by atoms with Gasteiger partial charge in [0, 0.05) is 92.5 Å². The second-order valence-corrected chi connectivity index (χ2v) is 29.6. The summed E-state index contributed by atoms with van der Waals surface area (Å²) in [6.45, 7) is 8.27. The van der Waals surface area contributed by atoms with E-state index in [9.17, 15) is 0 Å². The number of aromatic nitrogens is 8. The zero-order valence-corrected chi connectivity index (χ0v) is 61.8. The molecule has 23 rings (SSSR count). The molecule has 1 aliphatic rings. The molecule has 0 bridgehead atoms. The third kappa shape index (κ3) is 11.2.